The van der Waals surface area contributed by atoms with Crippen molar-refractivity contribution >= 4 is 23.5 Å². The van der Waals surface area contributed by atoms with Crippen LogP contribution >= 0.6 is 0 Å². The van der Waals surface area contributed by atoms with Gasteiger partial charge in [0.15, 0.2) is 0 Å². The van der Waals surface area contributed by atoms with Crippen LogP contribution in [0.4, 0.5) is 23.5 Å². The highest BCUT2D eigenvalue weighted by atomic mass is 15.3. The Morgan fingerprint density at radius 1 is 0.818 bits per heavy atom. The third kappa shape index (κ3) is 6.64. The normalized spacial score (nSPS) is 20.5. The van der Waals surface area contributed by atoms with Gasteiger partial charge in [-0.3, -0.25) is 0 Å². The molecule has 2 aliphatic heterocycles. The van der Waals surface area contributed by atoms with Gasteiger partial charge >= 0.3 is 0 Å². The van der Waals surface area contributed by atoms with Gasteiger partial charge in [-0.1, -0.05) is 27.7 Å². The predicted octanol–water partition coefficient (Wildman–Crippen LogP) is 1.70. The maximum Gasteiger partial charge on any atom is 0.222 e. The summed E-state index contributed by atoms with van der Waals surface area (Å²) in [4.78, 5) is 21.5. The number of nitrogens with zero attached hydrogens (tertiary/aromatic N) is 6. The highest BCUT2D eigenvalue weighted by Gasteiger charge is 2.23. The van der Waals surface area contributed by atoms with Gasteiger partial charge in [-0.15, -0.1) is 0 Å². The zero-order valence-electron chi connectivity index (χ0n) is 20.6. The Morgan fingerprint density at radius 2 is 1.30 bits per heavy atom. The van der Waals surface area contributed by atoms with E-state index in [1.54, 1.807) is 0 Å². The average molecular weight is 457 g/mol. The Kier molecular flexibility index (Phi) is 8.25. The van der Waals surface area contributed by atoms with Crippen molar-refractivity contribution in [3.8, 4) is 0 Å². The van der Waals surface area contributed by atoms with Crippen LogP contribution in [0, 0.1) is 0 Å². The van der Waals surface area contributed by atoms with E-state index >= 15 is 0 Å². The zero-order chi connectivity index (χ0) is 24.1. The molecule has 33 heavy (non-hydrogen) atoms. The quantitative estimate of drug-likeness (QED) is 0.524. The van der Waals surface area contributed by atoms with E-state index in [0.717, 1.165) is 62.0 Å². The molecule has 2 aliphatic rings. The smallest absolute Gasteiger partial charge is 0.222 e. The number of nitrogens with one attached hydrogen (secondary N) is 1. The second-order valence-corrected chi connectivity index (χ2v) is 9.54. The van der Waals surface area contributed by atoms with Crippen LogP contribution in [0.25, 0.3) is 0 Å². The molecule has 0 unspecified atom stereocenters. The highest BCUT2D eigenvalue weighted by molar-refractivity contribution is 5.46. The van der Waals surface area contributed by atoms with Crippen molar-refractivity contribution in [1.82, 2.24) is 25.3 Å². The molecule has 0 radical (unpaired) electrons. The molecule has 7 N–H and O–H groups in total. The number of hydrogen-bond donors (Lipinski definition) is 4. The van der Waals surface area contributed by atoms with Crippen molar-refractivity contribution < 1.29 is 0 Å². The number of nitrogens with two attached hydrogens (primary N) is 3. The van der Waals surface area contributed by atoms with Crippen LogP contribution in [0.5, 0.6) is 0 Å². The van der Waals surface area contributed by atoms with Crippen molar-refractivity contribution in [2.75, 3.05) is 54.5 Å². The molecule has 0 amide bonds. The summed E-state index contributed by atoms with van der Waals surface area (Å²) < 4.78 is 0. The summed E-state index contributed by atoms with van der Waals surface area (Å²) in [6.07, 6.45) is 2.17. The van der Waals surface area contributed by atoms with Gasteiger partial charge in [-0.25, -0.2) is 9.97 Å². The van der Waals surface area contributed by atoms with E-state index in [-0.39, 0.29) is 6.04 Å². The van der Waals surface area contributed by atoms with Crippen molar-refractivity contribution in [2.24, 2.45) is 5.73 Å². The molecule has 2 aromatic rings. The minimum Gasteiger partial charge on any atom is -0.368 e. The molecule has 4 heterocycles. The fourth-order valence-electron chi connectivity index (χ4n) is 4.06. The summed E-state index contributed by atoms with van der Waals surface area (Å²) in [5.74, 6) is 3.32. The molecule has 0 spiro atoms. The highest BCUT2D eigenvalue weighted by Crippen LogP contribution is 2.23. The second-order valence-electron chi connectivity index (χ2n) is 9.54. The van der Waals surface area contributed by atoms with E-state index in [0.29, 0.717) is 29.8 Å². The Morgan fingerprint density at radius 3 is 1.70 bits per heavy atom. The average Bonchev–Trinajstić information content (AvgIpc) is 3.42. The molecule has 182 valence electrons. The van der Waals surface area contributed by atoms with Gasteiger partial charge in [0, 0.05) is 50.4 Å². The van der Waals surface area contributed by atoms with Gasteiger partial charge in [0.2, 0.25) is 11.9 Å². The molecule has 0 aromatic carbocycles. The van der Waals surface area contributed by atoms with Gasteiger partial charge in [-0.05, 0) is 31.7 Å². The topological polar surface area (TPSA) is 148 Å². The summed E-state index contributed by atoms with van der Waals surface area (Å²) in [6, 6.07) is 4.87. The minimum absolute atomic E-state index is 0.249. The third-order valence-electron chi connectivity index (χ3n) is 6.15. The van der Waals surface area contributed by atoms with Crippen LogP contribution in [-0.2, 0) is 0 Å². The van der Waals surface area contributed by atoms with Crippen LogP contribution in [-0.4, -0.2) is 65.2 Å². The maximum absolute atomic E-state index is 5.88. The van der Waals surface area contributed by atoms with Crippen molar-refractivity contribution in [1.29, 1.82) is 0 Å². The minimum atomic E-state index is 0.249. The van der Waals surface area contributed by atoms with E-state index in [1.165, 1.54) is 0 Å². The van der Waals surface area contributed by atoms with E-state index < -0.39 is 0 Å². The summed E-state index contributed by atoms with van der Waals surface area (Å²) in [7, 11) is 2.00. The fraction of sp³-hybridized carbons (Fsp3) is 0.652. The SMILES string of the molecule is CC(C)c1cc(N2CC[C@@H](N)C2)nc(N)n1.CN[C@@H]1CCN(c2cc(C(C)C)nc(N)n2)C1. The van der Waals surface area contributed by atoms with Crippen LogP contribution in [0.3, 0.4) is 0 Å². The molecule has 2 aromatic heterocycles. The van der Waals surface area contributed by atoms with Crippen molar-refractivity contribution in [2.45, 2.75) is 64.5 Å². The molecule has 10 heteroatoms. The van der Waals surface area contributed by atoms with Gasteiger partial charge in [0.1, 0.15) is 11.6 Å². The number of aromatic nitrogens is 4. The summed E-state index contributed by atoms with van der Waals surface area (Å²) in [5.41, 5.74) is 19.4. The molecular weight excluding hydrogens is 416 g/mol. The van der Waals surface area contributed by atoms with Crippen LogP contribution < -0.4 is 32.3 Å². The summed E-state index contributed by atoms with van der Waals surface area (Å²) in [6.45, 7) is 12.3. The number of nitrogen functional groups attached to an aromatic ring is 2. The number of rotatable bonds is 5. The monoisotopic (exact) mass is 456 g/mol. The van der Waals surface area contributed by atoms with Gasteiger partial charge in [-0.2, -0.15) is 9.97 Å². The first-order chi connectivity index (χ1) is 15.7. The lowest BCUT2D eigenvalue weighted by molar-refractivity contribution is 0.616. The maximum atomic E-state index is 5.88. The first-order valence-corrected chi connectivity index (χ1v) is 11.9. The molecular formula is C23H40N10. The first kappa shape index (κ1) is 24.9. The Labute approximate surface area is 197 Å². The van der Waals surface area contributed by atoms with E-state index in [4.69, 9.17) is 17.2 Å². The number of anilines is 4. The van der Waals surface area contributed by atoms with Crippen molar-refractivity contribution in [3.05, 3.63) is 23.5 Å². The van der Waals surface area contributed by atoms with E-state index in [9.17, 15) is 0 Å². The molecule has 0 aliphatic carbocycles. The lowest BCUT2D eigenvalue weighted by atomic mass is 10.1. The largest absolute Gasteiger partial charge is 0.368 e. The summed E-state index contributed by atoms with van der Waals surface area (Å²) >= 11 is 0. The molecule has 4 rings (SSSR count). The van der Waals surface area contributed by atoms with Crippen LogP contribution in [0.1, 0.15) is 63.8 Å². The van der Waals surface area contributed by atoms with Crippen LogP contribution in [0.15, 0.2) is 12.1 Å². The fourth-order valence-corrected chi connectivity index (χ4v) is 4.06. The zero-order valence-corrected chi connectivity index (χ0v) is 20.6. The first-order valence-electron chi connectivity index (χ1n) is 11.9. The van der Waals surface area contributed by atoms with Gasteiger partial charge in [0.25, 0.3) is 0 Å². The molecule has 2 atom stereocenters. The number of hydrogen-bond acceptors (Lipinski definition) is 10. The molecule has 0 saturated carbocycles. The molecule has 2 saturated heterocycles. The Bertz CT molecular complexity index is 916. The van der Waals surface area contributed by atoms with Gasteiger partial charge < -0.3 is 32.3 Å². The van der Waals surface area contributed by atoms with E-state index in [1.807, 2.05) is 13.1 Å². The predicted molar refractivity (Wildman–Crippen MR) is 136 cm³/mol. The molecule has 0 bridgehead atoms. The second kappa shape index (κ2) is 10.9. The third-order valence-corrected chi connectivity index (χ3v) is 6.15. The Hall–Kier alpha value is -2.72. The van der Waals surface area contributed by atoms with Crippen molar-refractivity contribution in [3.63, 3.8) is 0 Å². The van der Waals surface area contributed by atoms with Gasteiger partial charge in [0.05, 0.1) is 11.4 Å². The molecule has 2 fully saturated rings. The van der Waals surface area contributed by atoms with Crippen LogP contribution in [0.2, 0.25) is 0 Å². The summed E-state index contributed by atoms with van der Waals surface area (Å²) in [5, 5.41) is 3.30. The Balaban J connectivity index is 0.000000186. The lowest BCUT2D eigenvalue weighted by Gasteiger charge is -2.19. The lowest BCUT2D eigenvalue weighted by Crippen LogP contribution is -2.30. The molecule has 10 nitrogen and oxygen atoms in total. The number of likely N-dealkylation sites (N-methyl/N-ethyl adjacent to an activating group) is 1. The standard InChI is InChI=1S/C12H21N5.C11H19N5/c1-8(2)10-6-11(16-12(13)15-10)17-5-4-9(7-17)14-3;1-7(2)9-5-10(15-11(13)14-9)16-4-3-8(12)6-16/h6,8-9,14H,4-5,7H2,1-3H3,(H2,13,15,16);5,7-8H,3-4,6,12H2,1-2H3,(H2,13,14,15)/t9-;8-/m11/s1. The van der Waals surface area contributed by atoms with E-state index in [2.05, 4.69) is 68.8 Å².